The Hall–Kier alpha value is -2.34. The second-order valence-corrected chi connectivity index (χ2v) is 7.58. The molecule has 0 aliphatic carbocycles. The summed E-state index contributed by atoms with van der Waals surface area (Å²) in [5.74, 6) is 0.433. The number of nitrogens with zero attached hydrogens (tertiary/aromatic N) is 2. The highest BCUT2D eigenvalue weighted by atomic mass is 32.2. The van der Waals surface area contributed by atoms with Crippen molar-refractivity contribution in [1.82, 2.24) is 0 Å². The number of hydrogen-bond acceptors (Lipinski definition) is 4. The molecule has 1 aliphatic rings. The number of rotatable bonds is 5. The van der Waals surface area contributed by atoms with Crippen molar-refractivity contribution in [3.63, 3.8) is 0 Å². The third kappa shape index (κ3) is 3.69. The van der Waals surface area contributed by atoms with E-state index in [1.807, 2.05) is 36.1 Å². The Bertz CT molecular complexity index is 809. The number of fused-ring (bicyclic) bond motifs is 1. The number of para-hydroxylation sites is 1. The second kappa shape index (κ2) is 7.27. The van der Waals surface area contributed by atoms with Gasteiger partial charge in [0.1, 0.15) is 0 Å². The zero-order valence-electron chi connectivity index (χ0n) is 14.2. The van der Waals surface area contributed by atoms with Crippen LogP contribution in [0.4, 0.5) is 11.4 Å². The van der Waals surface area contributed by atoms with Gasteiger partial charge in [-0.1, -0.05) is 30.3 Å². The number of nitro groups is 1. The van der Waals surface area contributed by atoms with Crippen LogP contribution in [0, 0.1) is 10.1 Å². The van der Waals surface area contributed by atoms with Crippen LogP contribution in [0.5, 0.6) is 0 Å². The van der Waals surface area contributed by atoms with Crippen LogP contribution in [-0.4, -0.2) is 22.6 Å². The lowest BCUT2D eigenvalue weighted by Crippen LogP contribution is -2.37. The van der Waals surface area contributed by atoms with Gasteiger partial charge in [0, 0.05) is 29.1 Å². The quantitative estimate of drug-likeness (QED) is 0.589. The Morgan fingerprint density at radius 1 is 1.32 bits per heavy atom. The molecular formula is C19H20N2O3S. The highest BCUT2D eigenvalue weighted by Crippen LogP contribution is 2.34. The van der Waals surface area contributed by atoms with Crippen LogP contribution in [0.15, 0.2) is 48.5 Å². The monoisotopic (exact) mass is 356 g/mol. The molecular weight excluding hydrogens is 336 g/mol. The molecule has 1 heterocycles. The van der Waals surface area contributed by atoms with Crippen LogP contribution in [0.25, 0.3) is 0 Å². The number of carbonyl (C=O) groups excluding carboxylic acids is 1. The Morgan fingerprint density at radius 2 is 2.08 bits per heavy atom. The standard InChI is InChI=1S/C19H20N2O3S/c1-13-10-16-6-3-4-9-18(16)20(13)19(22)12-25-14(2)15-7-5-8-17(11-15)21(23)24/h3-9,11,13-14H,10,12H2,1-2H3/t13-,14+/m0/s1. The number of thioether (sulfide) groups is 1. The number of non-ortho nitro benzene ring substituents is 1. The molecule has 0 saturated heterocycles. The number of carbonyl (C=O) groups is 1. The number of benzene rings is 2. The molecule has 0 unspecified atom stereocenters. The molecule has 0 N–H and O–H groups in total. The van der Waals surface area contributed by atoms with E-state index in [2.05, 4.69) is 13.0 Å². The lowest BCUT2D eigenvalue weighted by Gasteiger charge is -2.23. The summed E-state index contributed by atoms with van der Waals surface area (Å²) in [6, 6.07) is 14.8. The molecule has 0 aromatic heterocycles. The van der Waals surface area contributed by atoms with Crippen LogP contribution in [-0.2, 0) is 11.2 Å². The van der Waals surface area contributed by atoms with E-state index in [0.29, 0.717) is 5.75 Å². The predicted molar refractivity (Wildman–Crippen MR) is 101 cm³/mol. The van der Waals surface area contributed by atoms with Gasteiger partial charge < -0.3 is 4.90 Å². The molecule has 2 aromatic carbocycles. The lowest BCUT2D eigenvalue weighted by atomic mass is 10.1. The fraction of sp³-hybridized carbons (Fsp3) is 0.316. The molecule has 1 amide bonds. The molecule has 0 saturated carbocycles. The summed E-state index contributed by atoms with van der Waals surface area (Å²) < 4.78 is 0. The molecule has 0 bridgehead atoms. The van der Waals surface area contributed by atoms with E-state index >= 15 is 0 Å². The Morgan fingerprint density at radius 3 is 2.84 bits per heavy atom. The van der Waals surface area contributed by atoms with Crippen LogP contribution in [0.2, 0.25) is 0 Å². The molecule has 3 rings (SSSR count). The minimum absolute atomic E-state index is 0.0111. The third-order valence-electron chi connectivity index (χ3n) is 4.48. The number of anilines is 1. The average Bonchev–Trinajstić information content (AvgIpc) is 2.95. The molecule has 130 valence electrons. The minimum atomic E-state index is -0.394. The number of nitro benzene ring substituents is 1. The Labute approximate surface area is 151 Å². The van der Waals surface area contributed by atoms with Gasteiger partial charge >= 0.3 is 0 Å². The normalized spacial score (nSPS) is 17.2. The molecule has 6 heteroatoms. The molecule has 5 nitrogen and oxygen atoms in total. The first-order chi connectivity index (χ1) is 12.0. The van der Waals surface area contributed by atoms with Crippen molar-refractivity contribution in [2.75, 3.05) is 10.7 Å². The van der Waals surface area contributed by atoms with Crippen LogP contribution >= 0.6 is 11.8 Å². The molecule has 0 fully saturated rings. The fourth-order valence-electron chi connectivity index (χ4n) is 3.20. The zero-order valence-corrected chi connectivity index (χ0v) is 15.0. The highest BCUT2D eigenvalue weighted by molar-refractivity contribution is 8.00. The van der Waals surface area contributed by atoms with Crippen LogP contribution in [0.1, 0.15) is 30.2 Å². The van der Waals surface area contributed by atoms with E-state index in [0.717, 1.165) is 17.7 Å². The Balaban J connectivity index is 1.66. The number of amides is 1. The summed E-state index contributed by atoms with van der Waals surface area (Å²) in [5, 5.41) is 10.9. The summed E-state index contributed by atoms with van der Waals surface area (Å²) in [6.07, 6.45) is 0.882. The van der Waals surface area contributed by atoms with E-state index < -0.39 is 4.92 Å². The molecule has 2 aromatic rings. The van der Waals surface area contributed by atoms with Crippen molar-refractivity contribution in [2.45, 2.75) is 31.6 Å². The first kappa shape index (κ1) is 17.5. The summed E-state index contributed by atoms with van der Waals surface area (Å²) in [4.78, 5) is 25.1. The van der Waals surface area contributed by atoms with Crippen molar-refractivity contribution >= 4 is 29.0 Å². The summed E-state index contributed by atoms with van der Waals surface area (Å²) in [7, 11) is 0. The van der Waals surface area contributed by atoms with Gasteiger partial charge in [0.2, 0.25) is 5.91 Å². The largest absolute Gasteiger partial charge is 0.308 e. The maximum absolute atomic E-state index is 12.7. The van der Waals surface area contributed by atoms with Crippen molar-refractivity contribution in [3.05, 3.63) is 69.8 Å². The maximum atomic E-state index is 12.7. The molecule has 25 heavy (non-hydrogen) atoms. The van der Waals surface area contributed by atoms with Crippen molar-refractivity contribution < 1.29 is 9.72 Å². The van der Waals surface area contributed by atoms with E-state index in [1.165, 1.54) is 23.4 Å². The van der Waals surface area contributed by atoms with E-state index in [-0.39, 0.29) is 22.9 Å². The second-order valence-electron chi connectivity index (χ2n) is 6.25. The van der Waals surface area contributed by atoms with E-state index in [4.69, 9.17) is 0 Å². The lowest BCUT2D eigenvalue weighted by molar-refractivity contribution is -0.384. The van der Waals surface area contributed by atoms with Crippen molar-refractivity contribution in [2.24, 2.45) is 0 Å². The summed E-state index contributed by atoms with van der Waals surface area (Å²) in [6.45, 7) is 4.03. The fourth-order valence-corrected chi connectivity index (χ4v) is 4.07. The molecule has 0 radical (unpaired) electrons. The smallest absolute Gasteiger partial charge is 0.269 e. The van der Waals surface area contributed by atoms with Gasteiger partial charge in [0.15, 0.2) is 0 Å². The average molecular weight is 356 g/mol. The summed E-state index contributed by atoms with van der Waals surface area (Å²) in [5.41, 5.74) is 3.16. The van der Waals surface area contributed by atoms with E-state index in [1.54, 1.807) is 12.1 Å². The Kier molecular flexibility index (Phi) is 5.08. The van der Waals surface area contributed by atoms with Gasteiger partial charge in [-0.15, -0.1) is 11.8 Å². The first-order valence-electron chi connectivity index (χ1n) is 8.23. The van der Waals surface area contributed by atoms with Crippen LogP contribution < -0.4 is 4.90 Å². The van der Waals surface area contributed by atoms with Gasteiger partial charge in [-0.2, -0.15) is 0 Å². The predicted octanol–water partition coefficient (Wildman–Crippen LogP) is 4.37. The van der Waals surface area contributed by atoms with Gasteiger partial charge in [0.25, 0.3) is 5.69 Å². The molecule has 2 atom stereocenters. The first-order valence-corrected chi connectivity index (χ1v) is 9.28. The third-order valence-corrected chi connectivity index (χ3v) is 5.67. The van der Waals surface area contributed by atoms with Gasteiger partial charge in [-0.25, -0.2) is 0 Å². The van der Waals surface area contributed by atoms with Crippen molar-refractivity contribution in [1.29, 1.82) is 0 Å². The van der Waals surface area contributed by atoms with Crippen molar-refractivity contribution in [3.8, 4) is 0 Å². The van der Waals surface area contributed by atoms with Gasteiger partial charge in [-0.3, -0.25) is 14.9 Å². The van der Waals surface area contributed by atoms with Gasteiger partial charge in [-0.05, 0) is 37.5 Å². The maximum Gasteiger partial charge on any atom is 0.269 e. The van der Waals surface area contributed by atoms with Gasteiger partial charge in [0.05, 0.1) is 10.7 Å². The molecule has 0 spiro atoms. The topological polar surface area (TPSA) is 63.5 Å². The SMILES string of the molecule is C[C@@H](SCC(=O)N1c2ccccc2C[C@@H]1C)c1cccc([N+](=O)[O-])c1. The van der Waals surface area contributed by atoms with Crippen LogP contribution in [0.3, 0.4) is 0 Å². The summed E-state index contributed by atoms with van der Waals surface area (Å²) >= 11 is 1.51. The molecule has 1 aliphatic heterocycles. The van der Waals surface area contributed by atoms with E-state index in [9.17, 15) is 14.9 Å². The number of hydrogen-bond donors (Lipinski definition) is 0. The minimum Gasteiger partial charge on any atom is -0.308 e. The zero-order chi connectivity index (χ0) is 18.0. The highest BCUT2D eigenvalue weighted by Gasteiger charge is 2.30.